The van der Waals surface area contributed by atoms with E-state index in [-0.39, 0.29) is 0 Å². The molecule has 0 saturated carbocycles. The summed E-state index contributed by atoms with van der Waals surface area (Å²) in [7, 11) is 1.85. The molecular weight excluding hydrogens is 246 g/mol. The number of aromatic nitrogens is 4. The Hall–Kier alpha value is -2.39. The highest BCUT2D eigenvalue weighted by Crippen LogP contribution is 2.20. The minimum Gasteiger partial charge on any atom is -0.329 e. The number of hydrogen-bond donors (Lipinski definition) is 1. The third-order valence-electron chi connectivity index (χ3n) is 2.77. The average Bonchev–Trinajstić information content (AvgIpc) is 2.91. The van der Waals surface area contributed by atoms with E-state index in [1.165, 1.54) is 0 Å². The fourth-order valence-corrected chi connectivity index (χ4v) is 2.27. The average molecular weight is 255 g/mol. The molecule has 0 saturated heterocycles. The maximum Gasteiger partial charge on any atom is 0.184 e. The number of imidazole rings is 1. The van der Waals surface area contributed by atoms with Crippen molar-refractivity contribution in [3.63, 3.8) is 0 Å². The van der Waals surface area contributed by atoms with Crippen LogP contribution in [0, 0.1) is 16.1 Å². The van der Waals surface area contributed by atoms with Crippen LogP contribution in [0.3, 0.4) is 0 Å². The highest BCUT2D eigenvalue weighted by Gasteiger charge is 2.10. The first-order valence-electron chi connectivity index (χ1n) is 5.34. The molecule has 1 N–H and O–H groups in total. The Kier molecular flexibility index (Phi) is 2.28. The van der Waals surface area contributed by atoms with Crippen molar-refractivity contribution in [2.75, 3.05) is 0 Å². The summed E-state index contributed by atoms with van der Waals surface area (Å²) in [5, 5.41) is 13.4. The molecule has 0 amide bonds. The summed E-state index contributed by atoms with van der Waals surface area (Å²) in [4.78, 5) is 3.06. The van der Waals surface area contributed by atoms with Crippen molar-refractivity contribution in [1.82, 2.24) is 19.3 Å². The van der Waals surface area contributed by atoms with Crippen molar-refractivity contribution in [3.05, 3.63) is 40.8 Å². The largest absolute Gasteiger partial charge is 0.329 e. The molecule has 3 rings (SSSR count). The Morgan fingerprint density at radius 1 is 1.39 bits per heavy atom. The van der Waals surface area contributed by atoms with Crippen LogP contribution in [-0.4, -0.2) is 19.3 Å². The zero-order chi connectivity index (χ0) is 12.7. The van der Waals surface area contributed by atoms with E-state index < -0.39 is 0 Å². The fraction of sp³-hybridized carbons (Fsp3) is 0.0833. The van der Waals surface area contributed by atoms with E-state index in [1.807, 2.05) is 36.0 Å². The fourth-order valence-electron chi connectivity index (χ4n) is 1.97. The first-order valence-corrected chi connectivity index (χ1v) is 5.75. The summed E-state index contributed by atoms with van der Waals surface area (Å²) in [5.74, 6) is 0.740. The van der Waals surface area contributed by atoms with Crippen LogP contribution in [-0.2, 0) is 7.05 Å². The van der Waals surface area contributed by atoms with Crippen molar-refractivity contribution in [1.29, 1.82) is 5.26 Å². The van der Waals surface area contributed by atoms with Crippen LogP contribution in [0.5, 0.6) is 0 Å². The van der Waals surface area contributed by atoms with Gasteiger partial charge in [-0.3, -0.25) is 9.25 Å². The van der Waals surface area contributed by atoms with Crippen molar-refractivity contribution >= 4 is 23.3 Å². The molecule has 3 aromatic rings. The van der Waals surface area contributed by atoms with Crippen LogP contribution >= 0.6 is 12.2 Å². The van der Waals surface area contributed by atoms with Crippen LogP contribution in [0.4, 0.5) is 0 Å². The summed E-state index contributed by atoms with van der Waals surface area (Å²) in [6.07, 6.45) is 1.85. The second-order valence-corrected chi connectivity index (χ2v) is 4.31. The quantitative estimate of drug-likeness (QED) is 0.679. The lowest BCUT2D eigenvalue weighted by molar-refractivity contribution is 0.752. The van der Waals surface area contributed by atoms with Crippen LogP contribution in [0.1, 0.15) is 5.56 Å². The van der Waals surface area contributed by atoms with Crippen molar-refractivity contribution in [2.45, 2.75) is 0 Å². The molecule has 1 aromatic carbocycles. The van der Waals surface area contributed by atoms with Crippen LogP contribution < -0.4 is 0 Å². The number of fused-ring (bicyclic) bond motifs is 1. The number of benzene rings is 1. The zero-order valence-corrected chi connectivity index (χ0v) is 10.4. The molecule has 0 spiro atoms. The number of aryl methyl sites for hydroxylation is 1. The number of nitrogens with zero attached hydrogens (tertiary/aromatic N) is 4. The molecule has 0 aliphatic rings. The second kappa shape index (κ2) is 3.82. The van der Waals surface area contributed by atoms with Crippen LogP contribution in [0.25, 0.3) is 16.9 Å². The lowest BCUT2D eigenvalue weighted by atomic mass is 10.2. The number of rotatable bonds is 1. The van der Waals surface area contributed by atoms with Crippen molar-refractivity contribution < 1.29 is 0 Å². The first-order chi connectivity index (χ1) is 8.70. The third-order valence-corrected chi connectivity index (χ3v) is 3.05. The smallest absolute Gasteiger partial charge is 0.184 e. The van der Waals surface area contributed by atoms with E-state index in [4.69, 9.17) is 17.5 Å². The van der Waals surface area contributed by atoms with Gasteiger partial charge in [0, 0.05) is 19.3 Å². The highest BCUT2D eigenvalue weighted by atomic mass is 32.1. The van der Waals surface area contributed by atoms with Gasteiger partial charge in [-0.1, -0.05) is 6.07 Å². The van der Waals surface area contributed by atoms with Gasteiger partial charge in [0.25, 0.3) is 0 Å². The highest BCUT2D eigenvalue weighted by molar-refractivity contribution is 7.71. The third kappa shape index (κ3) is 1.45. The van der Waals surface area contributed by atoms with Gasteiger partial charge >= 0.3 is 0 Å². The normalized spacial score (nSPS) is 10.7. The summed E-state index contributed by atoms with van der Waals surface area (Å²) in [5.41, 5.74) is 2.18. The topological polar surface area (TPSA) is 62.3 Å². The molecule has 0 bridgehead atoms. The Bertz CT molecular complexity index is 830. The van der Waals surface area contributed by atoms with Gasteiger partial charge in [0.1, 0.15) is 6.07 Å². The van der Waals surface area contributed by atoms with Gasteiger partial charge in [0.05, 0.1) is 16.6 Å². The second-order valence-electron chi connectivity index (χ2n) is 3.92. The number of aromatic amines is 1. The number of hydrogen-bond acceptors (Lipinski definition) is 3. The lowest BCUT2D eigenvalue weighted by Crippen LogP contribution is -1.97. The van der Waals surface area contributed by atoms with E-state index in [0.29, 0.717) is 10.3 Å². The van der Waals surface area contributed by atoms with Crippen LogP contribution in [0.15, 0.2) is 30.5 Å². The minimum absolute atomic E-state index is 0.534. The molecule has 0 fully saturated rings. The predicted molar refractivity (Wildman–Crippen MR) is 69.9 cm³/mol. The molecule has 0 unspecified atom stereocenters. The van der Waals surface area contributed by atoms with E-state index in [9.17, 15) is 0 Å². The Balaban J connectivity index is 2.41. The molecular formula is C12H9N5S. The molecule has 0 radical (unpaired) electrons. The van der Waals surface area contributed by atoms with Gasteiger partial charge in [-0.15, -0.1) is 0 Å². The minimum atomic E-state index is 0.534. The van der Waals surface area contributed by atoms with Crippen molar-refractivity contribution in [2.24, 2.45) is 7.05 Å². The van der Waals surface area contributed by atoms with Gasteiger partial charge in [-0.25, -0.2) is 0 Å². The molecule has 6 heteroatoms. The summed E-state index contributed by atoms with van der Waals surface area (Å²) in [6, 6.07) is 9.54. The Morgan fingerprint density at radius 2 is 2.22 bits per heavy atom. The molecule has 5 nitrogen and oxygen atoms in total. The van der Waals surface area contributed by atoms with Crippen LogP contribution in [0.2, 0.25) is 0 Å². The van der Waals surface area contributed by atoms with E-state index in [1.54, 1.807) is 10.7 Å². The molecule has 0 aliphatic carbocycles. The number of H-pyrrole nitrogens is 1. The lowest BCUT2D eigenvalue weighted by Gasteiger charge is -1.99. The SMILES string of the molecule is Cn1ccc(-n2c(=S)[nH]c3c(C#N)cccc32)n1. The van der Waals surface area contributed by atoms with Crippen molar-refractivity contribution in [3.8, 4) is 11.9 Å². The summed E-state index contributed by atoms with van der Waals surface area (Å²) >= 11 is 5.30. The van der Waals surface area contributed by atoms with E-state index >= 15 is 0 Å². The van der Waals surface area contributed by atoms with Gasteiger partial charge in [0.2, 0.25) is 0 Å². The number of nitriles is 1. The first kappa shape index (κ1) is 10.7. The van der Waals surface area contributed by atoms with Gasteiger partial charge in [-0.2, -0.15) is 10.4 Å². The maximum atomic E-state index is 9.08. The molecule has 2 heterocycles. The zero-order valence-electron chi connectivity index (χ0n) is 9.58. The Labute approximate surface area is 108 Å². The van der Waals surface area contributed by atoms with Gasteiger partial charge in [-0.05, 0) is 24.4 Å². The van der Waals surface area contributed by atoms with Gasteiger partial charge in [0.15, 0.2) is 10.6 Å². The maximum absolute atomic E-state index is 9.08. The van der Waals surface area contributed by atoms with E-state index in [2.05, 4.69) is 16.2 Å². The molecule has 0 aliphatic heterocycles. The summed E-state index contributed by atoms with van der Waals surface area (Å²) < 4.78 is 4.07. The molecule has 18 heavy (non-hydrogen) atoms. The predicted octanol–water partition coefficient (Wildman–Crippen LogP) is 2.29. The monoisotopic (exact) mass is 255 g/mol. The number of para-hydroxylation sites is 1. The number of nitrogens with one attached hydrogen (secondary N) is 1. The van der Waals surface area contributed by atoms with Gasteiger partial charge < -0.3 is 4.98 Å². The van der Waals surface area contributed by atoms with E-state index in [0.717, 1.165) is 16.9 Å². The summed E-state index contributed by atoms with van der Waals surface area (Å²) in [6.45, 7) is 0. The standard InChI is InChI=1S/C12H9N5S/c1-16-6-5-10(15-16)17-9-4-2-3-8(7-13)11(9)14-12(17)18/h2-6H,1H3,(H,14,18). The Morgan fingerprint density at radius 3 is 2.89 bits per heavy atom. The molecule has 0 atom stereocenters. The molecule has 2 aromatic heterocycles. The molecule has 88 valence electrons.